The van der Waals surface area contributed by atoms with Crippen LogP contribution in [-0.2, 0) is 4.74 Å². The lowest BCUT2D eigenvalue weighted by molar-refractivity contribution is 0.0496. The number of ether oxygens (including phenoxy) is 2. The standard InChI is InChI=1S/C17H14F2O4/c1-2-7-22-16(20)14-5-3-4-6-15(14)17(21)23-13-9-11(18)8-12(19)10-13/h3-6,8-10H,2,7H2,1H3. The Morgan fingerprint density at radius 3 is 2.09 bits per heavy atom. The minimum Gasteiger partial charge on any atom is -0.462 e. The topological polar surface area (TPSA) is 52.6 Å². The van der Waals surface area contributed by atoms with Crippen molar-refractivity contribution in [1.82, 2.24) is 0 Å². The van der Waals surface area contributed by atoms with Crippen LogP contribution in [-0.4, -0.2) is 18.5 Å². The summed E-state index contributed by atoms with van der Waals surface area (Å²) in [6.45, 7) is 2.06. The van der Waals surface area contributed by atoms with Crippen LogP contribution in [0.2, 0.25) is 0 Å². The SMILES string of the molecule is CCCOC(=O)c1ccccc1C(=O)Oc1cc(F)cc(F)c1. The first-order valence-corrected chi connectivity index (χ1v) is 6.95. The molecule has 2 rings (SSSR count). The van der Waals surface area contributed by atoms with E-state index in [0.29, 0.717) is 12.5 Å². The van der Waals surface area contributed by atoms with Crippen LogP contribution in [0.15, 0.2) is 42.5 Å². The normalized spacial score (nSPS) is 10.2. The highest BCUT2D eigenvalue weighted by molar-refractivity contribution is 6.03. The molecule has 2 aromatic carbocycles. The predicted octanol–water partition coefficient (Wildman–Crippen LogP) is 3.75. The Morgan fingerprint density at radius 2 is 1.52 bits per heavy atom. The molecular weight excluding hydrogens is 306 g/mol. The van der Waals surface area contributed by atoms with Crippen molar-refractivity contribution in [3.8, 4) is 5.75 Å². The van der Waals surface area contributed by atoms with Gasteiger partial charge in [-0.05, 0) is 18.6 Å². The summed E-state index contributed by atoms with van der Waals surface area (Å²) in [5, 5.41) is 0. The molecule has 0 radical (unpaired) electrons. The average Bonchev–Trinajstić information content (AvgIpc) is 2.51. The summed E-state index contributed by atoms with van der Waals surface area (Å²) in [6, 6.07) is 8.31. The van der Waals surface area contributed by atoms with Crippen molar-refractivity contribution in [2.24, 2.45) is 0 Å². The van der Waals surface area contributed by atoms with Gasteiger partial charge >= 0.3 is 11.9 Å². The molecule has 0 saturated heterocycles. The van der Waals surface area contributed by atoms with E-state index >= 15 is 0 Å². The van der Waals surface area contributed by atoms with Gasteiger partial charge < -0.3 is 9.47 Å². The molecule has 2 aromatic rings. The maximum Gasteiger partial charge on any atom is 0.344 e. The quantitative estimate of drug-likeness (QED) is 0.622. The Morgan fingerprint density at radius 1 is 0.957 bits per heavy atom. The first-order valence-electron chi connectivity index (χ1n) is 6.95. The molecular formula is C17H14F2O4. The van der Waals surface area contributed by atoms with Gasteiger partial charge in [-0.1, -0.05) is 19.1 Å². The van der Waals surface area contributed by atoms with Crippen LogP contribution in [0.4, 0.5) is 8.78 Å². The number of benzene rings is 2. The second-order valence-electron chi connectivity index (χ2n) is 4.68. The fourth-order valence-electron chi connectivity index (χ4n) is 1.86. The molecule has 0 spiro atoms. The summed E-state index contributed by atoms with van der Waals surface area (Å²) >= 11 is 0. The molecule has 120 valence electrons. The number of esters is 2. The molecule has 0 aliphatic carbocycles. The number of carbonyl (C=O) groups is 2. The van der Waals surface area contributed by atoms with Crippen molar-refractivity contribution in [3.63, 3.8) is 0 Å². The monoisotopic (exact) mass is 320 g/mol. The van der Waals surface area contributed by atoms with Gasteiger partial charge in [0.25, 0.3) is 0 Å². The molecule has 0 aliphatic rings. The molecule has 0 unspecified atom stereocenters. The maximum atomic E-state index is 13.1. The van der Waals surface area contributed by atoms with Crippen LogP contribution in [0.5, 0.6) is 5.75 Å². The average molecular weight is 320 g/mol. The summed E-state index contributed by atoms with van der Waals surface area (Å²) in [5.41, 5.74) is -0.0129. The van der Waals surface area contributed by atoms with Gasteiger partial charge in [0.1, 0.15) is 17.4 Å². The third-order valence-corrected chi connectivity index (χ3v) is 2.85. The summed E-state index contributed by atoms with van der Waals surface area (Å²) in [7, 11) is 0. The third-order valence-electron chi connectivity index (χ3n) is 2.85. The van der Waals surface area contributed by atoms with E-state index in [1.807, 2.05) is 6.92 Å². The lowest BCUT2D eigenvalue weighted by Crippen LogP contribution is -2.16. The molecule has 23 heavy (non-hydrogen) atoms. The Labute approximate surface area is 131 Å². The number of hydrogen-bond donors (Lipinski definition) is 0. The van der Waals surface area contributed by atoms with Gasteiger partial charge in [0.05, 0.1) is 17.7 Å². The van der Waals surface area contributed by atoms with Crippen molar-refractivity contribution in [2.75, 3.05) is 6.61 Å². The fraction of sp³-hybridized carbons (Fsp3) is 0.176. The van der Waals surface area contributed by atoms with Crippen molar-refractivity contribution in [3.05, 3.63) is 65.2 Å². The van der Waals surface area contributed by atoms with Gasteiger partial charge in [-0.3, -0.25) is 0 Å². The van der Waals surface area contributed by atoms with E-state index in [1.54, 1.807) is 12.1 Å². The Kier molecular flexibility index (Phi) is 5.41. The minimum absolute atomic E-state index is 0.0304. The lowest BCUT2D eigenvalue weighted by Gasteiger charge is -2.09. The van der Waals surface area contributed by atoms with Crippen LogP contribution < -0.4 is 4.74 Å². The Bertz CT molecular complexity index is 708. The van der Waals surface area contributed by atoms with Crippen LogP contribution in [0.3, 0.4) is 0 Å². The zero-order valence-corrected chi connectivity index (χ0v) is 12.3. The van der Waals surface area contributed by atoms with Gasteiger partial charge in [-0.25, -0.2) is 18.4 Å². The Hall–Kier alpha value is -2.76. The van der Waals surface area contributed by atoms with Gasteiger partial charge in [0.15, 0.2) is 0 Å². The van der Waals surface area contributed by atoms with Crippen molar-refractivity contribution in [2.45, 2.75) is 13.3 Å². The molecule has 6 heteroatoms. The largest absolute Gasteiger partial charge is 0.462 e. The summed E-state index contributed by atoms with van der Waals surface area (Å²) in [6.07, 6.45) is 0.640. The molecule has 0 aliphatic heterocycles. The highest BCUT2D eigenvalue weighted by Crippen LogP contribution is 2.19. The van der Waals surface area contributed by atoms with Gasteiger partial charge in [0.2, 0.25) is 0 Å². The zero-order valence-electron chi connectivity index (χ0n) is 12.3. The van der Waals surface area contributed by atoms with E-state index < -0.39 is 23.6 Å². The summed E-state index contributed by atoms with van der Waals surface area (Å²) in [5.74, 6) is -3.60. The molecule has 0 amide bonds. The summed E-state index contributed by atoms with van der Waals surface area (Å²) in [4.78, 5) is 24.1. The lowest BCUT2D eigenvalue weighted by atomic mass is 10.1. The molecule has 0 aromatic heterocycles. The molecule has 4 nitrogen and oxygen atoms in total. The van der Waals surface area contributed by atoms with E-state index in [-0.39, 0.29) is 23.5 Å². The molecule has 0 fully saturated rings. The molecule has 0 saturated carbocycles. The molecule has 0 heterocycles. The van der Waals surface area contributed by atoms with Crippen molar-refractivity contribution >= 4 is 11.9 Å². The number of hydrogen-bond acceptors (Lipinski definition) is 4. The predicted molar refractivity (Wildman–Crippen MR) is 78.3 cm³/mol. The van der Waals surface area contributed by atoms with Gasteiger partial charge in [0, 0.05) is 18.2 Å². The smallest absolute Gasteiger partial charge is 0.344 e. The first kappa shape index (κ1) is 16.6. The molecule has 0 atom stereocenters. The van der Waals surface area contributed by atoms with Gasteiger partial charge in [-0.15, -0.1) is 0 Å². The second kappa shape index (κ2) is 7.49. The van der Waals surface area contributed by atoms with Crippen LogP contribution >= 0.6 is 0 Å². The zero-order chi connectivity index (χ0) is 16.8. The first-order chi connectivity index (χ1) is 11.0. The van der Waals surface area contributed by atoms with Gasteiger partial charge in [-0.2, -0.15) is 0 Å². The van der Waals surface area contributed by atoms with Crippen LogP contribution in [0.1, 0.15) is 34.1 Å². The highest BCUT2D eigenvalue weighted by Gasteiger charge is 2.19. The van der Waals surface area contributed by atoms with E-state index in [4.69, 9.17) is 9.47 Å². The van der Waals surface area contributed by atoms with E-state index in [0.717, 1.165) is 12.1 Å². The van der Waals surface area contributed by atoms with E-state index in [9.17, 15) is 18.4 Å². The summed E-state index contributed by atoms with van der Waals surface area (Å²) < 4.78 is 36.2. The number of halogens is 2. The second-order valence-corrected chi connectivity index (χ2v) is 4.68. The highest BCUT2D eigenvalue weighted by atomic mass is 19.1. The molecule has 0 N–H and O–H groups in total. The van der Waals surface area contributed by atoms with E-state index in [2.05, 4.69) is 0 Å². The van der Waals surface area contributed by atoms with Crippen molar-refractivity contribution in [1.29, 1.82) is 0 Å². The number of carbonyl (C=O) groups excluding carboxylic acids is 2. The number of rotatable bonds is 5. The van der Waals surface area contributed by atoms with E-state index in [1.165, 1.54) is 12.1 Å². The fourth-order valence-corrected chi connectivity index (χ4v) is 1.86. The maximum absolute atomic E-state index is 13.1. The minimum atomic E-state index is -0.904. The van der Waals surface area contributed by atoms with Crippen molar-refractivity contribution < 1.29 is 27.8 Å². The van der Waals surface area contributed by atoms with Crippen LogP contribution in [0.25, 0.3) is 0 Å². The van der Waals surface area contributed by atoms with Crippen LogP contribution in [0, 0.1) is 11.6 Å². The Balaban J connectivity index is 2.24. The molecule has 0 bridgehead atoms. The third kappa shape index (κ3) is 4.35.